The number of aromatic nitrogens is 5. The summed E-state index contributed by atoms with van der Waals surface area (Å²) in [6, 6.07) is 15.4. The van der Waals surface area contributed by atoms with Crippen molar-refractivity contribution in [2.24, 2.45) is 7.05 Å². The molecule has 8 nitrogen and oxygen atoms in total. The molecule has 0 aliphatic rings. The Morgan fingerprint density at radius 3 is 2.51 bits per heavy atom. The second-order valence-corrected chi connectivity index (χ2v) is 9.90. The van der Waals surface area contributed by atoms with Crippen LogP contribution in [0.4, 0.5) is 5.69 Å². The van der Waals surface area contributed by atoms with E-state index in [-0.39, 0.29) is 5.56 Å². The molecular weight excluding hydrogens is 488 g/mol. The van der Waals surface area contributed by atoms with E-state index in [0.717, 1.165) is 33.5 Å². The van der Waals surface area contributed by atoms with Gasteiger partial charge in [-0.05, 0) is 66.9 Å². The first-order valence-corrected chi connectivity index (χ1v) is 12.2. The molecular formula is C28H27ClN6O2. The van der Waals surface area contributed by atoms with Crippen LogP contribution in [0.1, 0.15) is 30.8 Å². The van der Waals surface area contributed by atoms with Crippen molar-refractivity contribution in [1.29, 1.82) is 0 Å². The quantitative estimate of drug-likeness (QED) is 0.326. The molecule has 0 fully saturated rings. The van der Waals surface area contributed by atoms with Gasteiger partial charge in [-0.15, -0.1) is 0 Å². The first kappa shape index (κ1) is 24.7. The van der Waals surface area contributed by atoms with Gasteiger partial charge in [0.1, 0.15) is 5.60 Å². The minimum absolute atomic E-state index is 0.0860. The van der Waals surface area contributed by atoms with Gasteiger partial charge >= 0.3 is 0 Å². The summed E-state index contributed by atoms with van der Waals surface area (Å²) in [7, 11) is 1.75. The first-order valence-electron chi connectivity index (χ1n) is 11.9. The van der Waals surface area contributed by atoms with E-state index in [4.69, 9.17) is 11.6 Å². The fourth-order valence-electron chi connectivity index (χ4n) is 4.21. The molecule has 0 unspecified atom stereocenters. The van der Waals surface area contributed by atoms with Crippen LogP contribution in [0.15, 0.2) is 78.1 Å². The van der Waals surface area contributed by atoms with Crippen LogP contribution >= 0.6 is 11.6 Å². The third kappa shape index (κ3) is 5.12. The molecule has 0 aliphatic heterocycles. The Labute approximate surface area is 219 Å². The molecule has 0 saturated heterocycles. The first-order chi connectivity index (χ1) is 17.7. The number of nitrogens with zero attached hydrogens (tertiary/aromatic N) is 5. The topological polar surface area (TPSA) is 97.9 Å². The average Bonchev–Trinajstić information content (AvgIpc) is 3.13. The molecule has 0 spiro atoms. The van der Waals surface area contributed by atoms with Gasteiger partial charge in [-0.2, -0.15) is 0 Å². The van der Waals surface area contributed by atoms with Crippen LogP contribution in [0.2, 0.25) is 5.02 Å². The molecule has 0 amide bonds. The van der Waals surface area contributed by atoms with E-state index in [2.05, 4.69) is 20.3 Å². The van der Waals surface area contributed by atoms with Gasteiger partial charge < -0.3 is 10.4 Å². The van der Waals surface area contributed by atoms with Crippen molar-refractivity contribution in [2.75, 3.05) is 5.32 Å². The number of aliphatic hydroxyl groups is 1. The van der Waals surface area contributed by atoms with Crippen molar-refractivity contribution in [2.45, 2.75) is 32.5 Å². The van der Waals surface area contributed by atoms with Crippen molar-refractivity contribution < 1.29 is 5.11 Å². The smallest absolute Gasteiger partial charge is 0.274 e. The number of hydrogen-bond acceptors (Lipinski definition) is 6. The van der Waals surface area contributed by atoms with E-state index in [1.165, 1.54) is 0 Å². The zero-order valence-electron chi connectivity index (χ0n) is 20.8. The summed E-state index contributed by atoms with van der Waals surface area (Å²) in [5.41, 5.74) is 4.11. The van der Waals surface area contributed by atoms with Gasteiger partial charge in [0.05, 0.1) is 17.4 Å². The van der Waals surface area contributed by atoms with Crippen molar-refractivity contribution in [1.82, 2.24) is 24.3 Å². The number of benzene rings is 2. The Bertz CT molecular complexity index is 1620. The fourth-order valence-corrected chi connectivity index (χ4v) is 4.39. The SMILES string of the molecule is Cn1c(=O)c2ccc(-c3cnc(C(C)(C)O)nc3)cc2n1Cc1cc(NCc2cccnc2)ccc1Cl. The lowest BCUT2D eigenvalue weighted by molar-refractivity contribution is 0.0687. The highest BCUT2D eigenvalue weighted by atomic mass is 35.5. The molecule has 0 radical (unpaired) electrons. The summed E-state index contributed by atoms with van der Waals surface area (Å²) in [5, 5.41) is 14.8. The maximum atomic E-state index is 13.0. The average molecular weight is 515 g/mol. The maximum absolute atomic E-state index is 13.0. The van der Waals surface area contributed by atoms with Crippen LogP contribution < -0.4 is 10.9 Å². The highest BCUT2D eigenvalue weighted by Gasteiger charge is 2.19. The Balaban J connectivity index is 1.47. The Morgan fingerprint density at radius 2 is 1.81 bits per heavy atom. The Morgan fingerprint density at radius 1 is 1.03 bits per heavy atom. The normalized spacial score (nSPS) is 11.7. The number of rotatable bonds is 7. The van der Waals surface area contributed by atoms with Crippen molar-refractivity contribution in [3.05, 3.63) is 106 Å². The van der Waals surface area contributed by atoms with E-state index < -0.39 is 5.60 Å². The molecule has 2 aromatic carbocycles. The van der Waals surface area contributed by atoms with Crippen molar-refractivity contribution in [3.8, 4) is 11.1 Å². The predicted octanol–water partition coefficient (Wildman–Crippen LogP) is 4.73. The predicted molar refractivity (Wildman–Crippen MR) is 146 cm³/mol. The molecule has 3 heterocycles. The summed E-state index contributed by atoms with van der Waals surface area (Å²) in [4.78, 5) is 25.8. The molecule has 5 aromatic rings. The minimum Gasteiger partial charge on any atom is -0.382 e. The second kappa shape index (κ2) is 9.80. The van der Waals surface area contributed by atoms with Crippen LogP contribution in [0.3, 0.4) is 0 Å². The zero-order chi connectivity index (χ0) is 26.2. The van der Waals surface area contributed by atoms with Crippen molar-refractivity contribution in [3.63, 3.8) is 0 Å². The highest BCUT2D eigenvalue weighted by Crippen LogP contribution is 2.27. The van der Waals surface area contributed by atoms with Gasteiger partial charge in [-0.1, -0.05) is 23.7 Å². The maximum Gasteiger partial charge on any atom is 0.274 e. The summed E-state index contributed by atoms with van der Waals surface area (Å²) >= 11 is 6.58. The number of nitrogens with one attached hydrogen (secondary N) is 1. The van der Waals surface area contributed by atoms with Crippen molar-refractivity contribution >= 4 is 28.2 Å². The fraction of sp³-hybridized carbons (Fsp3) is 0.214. The number of pyridine rings is 1. The lowest BCUT2D eigenvalue weighted by Gasteiger charge is -2.15. The summed E-state index contributed by atoms with van der Waals surface area (Å²) < 4.78 is 3.52. The molecule has 0 atom stereocenters. The van der Waals surface area contributed by atoms with E-state index in [0.29, 0.717) is 29.3 Å². The van der Waals surface area contributed by atoms with Gasteiger partial charge in [-0.3, -0.25) is 19.1 Å². The van der Waals surface area contributed by atoms with Gasteiger partial charge in [0, 0.05) is 54.7 Å². The molecule has 0 aliphatic carbocycles. The molecule has 9 heteroatoms. The standard InChI is InChI=1S/C28H27ClN6O2/c1-28(2,37)27-32-15-21(16-33-27)19-6-8-23-25(12-19)35(34(3)26(23)36)17-20-11-22(7-9-24(20)29)31-14-18-5-4-10-30-13-18/h4-13,15-16,31,37H,14,17H2,1-3H3. The second-order valence-electron chi connectivity index (χ2n) is 9.49. The van der Waals surface area contributed by atoms with Crippen LogP contribution in [-0.4, -0.2) is 29.4 Å². The van der Waals surface area contributed by atoms with Gasteiger partial charge in [-0.25, -0.2) is 9.97 Å². The lowest BCUT2D eigenvalue weighted by atomic mass is 10.1. The summed E-state index contributed by atoms with van der Waals surface area (Å²) in [6.07, 6.45) is 6.94. The third-order valence-corrected chi connectivity index (χ3v) is 6.65. The van der Waals surface area contributed by atoms with Crippen LogP contribution in [0.5, 0.6) is 0 Å². The molecule has 188 valence electrons. The highest BCUT2D eigenvalue weighted by molar-refractivity contribution is 6.31. The number of halogens is 1. The molecule has 0 saturated carbocycles. The minimum atomic E-state index is -1.12. The van der Waals surface area contributed by atoms with E-state index >= 15 is 0 Å². The number of anilines is 1. The Kier molecular flexibility index (Phi) is 6.54. The Hall–Kier alpha value is -4.01. The molecule has 5 rings (SSSR count). The summed E-state index contributed by atoms with van der Waals surface area (Å²) in [6.45, 7) is 4.34. The van der Waals surface area contributed by atoms with Gasteiger partial charge in [0.2, 0.25) is 0 Å². The molecule has 0 bridgehead atoms. The zero-order valence-corrected chi connectivity index (χ0v) is 21.6. The number of fused-ring (bicyclic) bond motifs is 1. The lowest BCUT2D eigenvalue weighted by Crippen LogP contribution is -2.19. The molecule has 2 N–H and O–H groups in total. The van der Waals surface area contributed by atoms with Gasteiger partial charge in [0.15, 0.2) is 5.82 Å². The molecule has 3 aromatic heterocycles. The monoisotopic (exact) mass is 514 g/mol. The van der Waals surface area contributed by atoms with E-state index in [1.54, 1.807) is 44.2 Å². The van der Waals surface area contributed by atoms with Crippen LogP contribution in [0, 0.1) is 0 Å². The summed E-state index contributed by atoms with van der Waals surface area (Å²) in [5.74, 6) is 0.348. The number of hydrogen-bond donors (Lipinski definition) is 2. The van der Waals surface area contributed by atoms with Crippen LogP contribution in [0.25, 0.3) is 22.0 Å². The van der Waals surface area contributed by atoms with Gasteiger partial charge in [0.25, 0.3) is 5.56 Å². The van der Waals surface area contributed by atoms with E-state index in [9.17, 15) is 9.90 Å². The van der Waals surface area contributed by atoms with E-state index in [1.807, 2.05) is 59.4 Å². The van der Waals surface area contributed by atoms with Crippen LogP contribution in [-0.2, 0) is 25.7 Å². The molecule has 37 heavy (non-hydrogen) atoms. The largest absolute Gasteiger partial charge is 0.382 e. The third-order valence-electron chi connectivity index (χ3n) is 6.28.